The highest BCUT2D eigenvalue weighted by Crippen LogP contribution is 2.50. The van der Waals surface area contributed by atoms with Gasteiger partial charge in [0.05, 0.1) is 5.69 Å². The Morgan fingerprint density at radius 2 is 1.73 bits per heavy atom. The number of thioether (sulfide) groups is 1. The van der Waals surface area contributed by atoms with Gasteiger partial charge in [0.2, 0.25) is 10.8 Å². The van der Waals surface area contributed by atoms with Crippen molar-refractivity contribution in [2.45, 2.75) is 11.9 Å². The van der Waals surface area contributed by atoms with Crippen LogP contribution >= 0.6 is 23.4 Å². The highest BCUT2D eigenvalue weighted by Gasteiger charge is 2.42. The monoisotopic (exact) mass is 380 g/mol. The Labute approximate surface area is 162 Å². The summed E-state index contributed by atoms with van der Waals surface area (Å²) in [7, 11) is 0. The van der Waals surface area contributed by atoms with Gasteiger partial charge in [0, 0.05) is 34.1 Å². The zero-order valence-corrected chi connectivity index (χ0v) is 15.8. The SMILES string of the molecule is CCSC1(c2ccc(Cl)cc2)OC(c2ccncc2)=Nc2ccccc21. The van der Waals surface area contributed by atoms with Crippen LogP contribution in [-0.2, 0) is 9.67 Å². The van der Waals surface area contributed by atoms with Gasteiger partial charge in [-0.1, -0.05) is 48.9 Å². The van der Waals surface area contributed by atoms with Crippen molar-refractivity contribution >= 4 is 34.9 Å². The molecule has 0 aliphatic carbocycles. The Balaban J connectivity index is 1.93. The number of ether oxygens (including phenoxy) is 1. The van der Waals surface area contributed by atoms with Crippen molar-refractivity contribution in [3.63, 3.8) is 0 Å². The highest BCUT2D eigenvalue weighted by atomic mass is 35.5. The lowest BCUT2D eigenvalue weighted by atomic mass is 9.97. The molecule has 3 nitrogen and oxygen atoms in total. The molecule has 0 N–H and O–H groups in total. The lowest BCUT2D eigenvalue weighted by molar-refractivity contribution is 0.192. The first-order valence-corrected chi connectivity index (χ1v) is 9.77. The van der Waals surface area contributed by atoms with E-state index in [-0.39, 0.29) is 0 Å². The van der Waals surface area contributed by atoms with Gasteiger partial charge in [-0.3, -0.25) is 4.98 Å². The molecule has 1 aliphatic heterocycles. The minimum Gasteiger partial charge on any atom is -0.450 e. The van der Waals surface area contributed by atoms with E-state index in [1.165, 1.54) is 0 Å². The van der Waals surface area contributed by atoms with E-state index in [1.54, 1.807) is 24.2 Å². The minimum atomic E-state index is -0.670. The second kappa shape index (κ2) is 7.14. The number of benzene rings is 2. The van der Waals surface area contributed by atoms with Crippen molar-refractivity contribution in [3.8, 4) is 0 Å². The molecule has 0 spiro atoms. The van der Waals surface area contributed by atoms with Gasteiger partial charge in [-0.2, -0.15) is 0 Å². The van der Waals surface area contributed by atoms with Crippen molar-refractivity contribution in [2.24, 2.45) is 4.99 Å². The molecule has 0 saturated heterocycles. The number of aromatic nitrogens is 1. The van der Waals surface area contributed by atoms with Crippen LogP contribution < -0.4 is 0 Å². The molecule has 4 rings (SSSR count). The van der Waals surface area contributed by atoms with E-state index in [0.717, 1.165) is 28.1 Å². The molecule has 0 bridgehead atoms. The number of fused-ring (bicyclic) bond motifs is 1. The number of hydrogen-bond acceptors (Lipinski definition) is 4. The first-order chi connectivity index (χ1) is 12.7. The lowest BCUT2D eigenvalue weighted by Gasteiger charge is -2.38. The summed E-state index contributed by atoms with van der Waals surface area (Å²) in [6.45, 7) is 2.13. The number of aliphatic imine (C=N–C) groups is 1. The summed E-state index contributed by atoms with van der Waals surface area (Å²) in [6.07, 6.45) is 3.50. The summed E-state index contributed by atoms with van der Waals surface area (Å²) in [6, 6.07) is 19.8. The average molecular weight is 381 g/mol. The quantitative estimate of drug-likeness (QED) is 0.573. The Bertz CT molecular complexity index is 944. The van der Waals surface area contributed by atoms with E-state index in [1.807, 2.05) is 54.6 Å². The second-order valence-electron chi connectivity index (χ2n) is 5.83. The first-order valence-electron chi connectivity index (χ1n) is 8.40. The molecule has 2 aromatic carbocycles. The summed E-state index contributed by atoms with van der Waals surface area (Å²) in [4.78, 5) is 8.19. The Morgan fingerprint density at radius 1 is 1.00 bits per heavy atom. The maximum absolute atomic E-state index is 6.60. The van der Waals surface area contributed by atoms with E-state index in [0.29, 0.717) is 10.9 Å². The predicted molar refractivity (Wildman–Crippen MR) is 108 cm³/mol. The first kappa shape index (κ1) is 17.1. The molecule has 1 aliphatic rings. The fraction of sp³-hybridized carbons (Fsp3) is 0.143. The number of nitrogens with zero attached hydrogens (tertiary/aromatic N) is 2. The molecule has 0 radical (unpaired) electrons. The van der Waals surface area contributed by atoms with E-state index in [9.17, 15) is 0 Å². The Morgan fingerprint density at radius 3 is 2.46 bits per heavy atom. The maximum atomic E-state index is 6.60. The van der Waals surface area contributed by atoms with Crippen LogP contribution in [-0.4, -0.2) is 16.6 Å². The van der Waals surface area contributed by atoms with Gasteiger partial charge >= 0.3 is 0 Å². The fourth-order valence-electron chi connectivity index (χ4n) is 3.07. The Kier molecular flexibility index (Phi) is 4.70. The summed E-state index contributed by atoms with van der Waals surface area (Å²) in [5.41, 5.74) is 3.92. The van der Waals surface area contributed by atoms with Crippen LogP contribution in [0.2, 0.25) is 5.02 Å². The molecule has 26 heavy (non-hydrogen) atoms. The topological polar surface area (TPSA) is 34.5 Å². The van der Waals surface area contributed by atoms with Crippen molar-refractivity contribution < 1.29 is 4.74 Å². The number of pyridine rings is 1. The molecule has 1 atom stereocenters. The largest absolute Gasteiger partial charge is 0.450 e. The molecule has 1 unspecified atom stereocenters. The van der Waals surface area contributed by atoms with Crippen molar-refractivity contribution in [1.82, 2.24) is 4.98 Å². The van der Waals surface area contributed by atoms with Gasteiger partial charge in [0.25, 0.3) is 0 Å². The third kappa shape index (κ3) is 3.00. The standard InChI is InChI=1S/C21H17ClN2OS/c1-2-26-21(16-7-9-17(22)10-8-16)18-5-3-4-6-19(18)24-20(25-21)15-11-13-23-14-12-15/h3-14H,2H2,1H3. The molecule has 5 heteroatoms. The molecule has 1 aromatic heterocycles. The van der Waals surface area contributed by atoms with Gasteiger partial charge in [-0.15, -0.1) is 11.8 Å². The predicted octanol–water partition coefficient (Wildman–Crippen LogP) is 5.80. The second-order valence-corrected chi connectivity index (χ2v) is 7.71. The molecular weight excluding hydrogens is 364 g/mol. The fourth-order valence-corrected chi connectivity index (χ4v) is 4.37. The maximum Gasteiger partial charge on any atom is 0.223 e. The molecule has 2 heterocycles. The van der Waals surface area contributed by atoms with Crippen LogP contribution in [0.25, 0.3) is 0 Å². The zero-order chi connectivity index (χ0) is 18.0. The molecule has 0 amide bonds. The summed E-state index contributed by atoms with van der Waals surface area (Å²) >= 11 is 7.86. The highest BCUT2D eigenvalue weighted by molar-refractivity contribution is 8.00. The number of rotatable bonds is 4. The van der Waals surface area contributed by atoms with Crippen LogP contribution in [0.1, 0.15) is 23.6 Å². The third-order valence-electron chi connectivity index (χ3n) is 4.22. The van der Waals surface area contributed by atoms with Crippen LogP contribution in [0.15, 0.2) is 78.0 Å². The molecule has 0 saturated carbocycles. The number of halogens is 1. The van der Waals surface area contributed by atoms with Crippen LogP contribution in [0.4, 0.5) is 5.69 Å². The van der Waals surface area contributed by atoms with Gasteiger partial charge in [-0.25, -0.2) is 4.99 Å². The smallest absolute Gasteiger partial charge is 0.223 e. The minimum absolute atomic E-state index is 0.599. The number of para-hydroxylation sites is 1. The van der Waals surface area contributed by atoms with Gasteiger partial charge in [0.1, 0.15) is 0 Å². The summed E-state index contributed by atoms with van der Waals surface area (Å²) in [5.74, 6) is 1.49. The summed E-state index contributed by atoms with van der Waals surface area (Å²) in [5, 5.41) is 0.706. The van der Waals surface area contributed by atoms with Crippen molar-refractivity contribution in [3.05, 3.63) is 94.8 Å². The van der Waals surface area contributed by atoms with Crippen LogP contribution in [0.3, 0.4) is 0 Å². The number of hydrogen-bond donors (Lipinski definition) is 0. The van der Waals surface area contributed by atoms with Crippen molar-refractivity contribution in [1.29, 1.82) is 0 Å². The van der Waals surface area contributed by atoms with E-state index in [2.05, 4.69) is 18.0 Å². The van der Waals surface area contributed by atoms with Crippen molar-refractivity contribution in [2.75, 3.05) is 5.75 Å². The van der Waals surface area contributed by atoms with Crippen LogP contribution in [0, 0.1) is 0 Å². The van der Waals surface area contributed by atoms with Gasteiger partial charge < -0.3 is 4.74 Å². The summed E-state index contributed by atoms with van der Waals surface area (Å²) < 4.78 is 6.60. The van der Waals surface area contributed by atoms with Gasteiger partial charge in [0.15, 0.2) is 0 Å². The molecule has 3 aromatic rings. The Hall–Kier alpha value is -2.30. The van der Waals surface area contributed by atoms with E-state index >= 15 is 0 Å². The van der Waals surface area contributed by atoms with E-state index in [4.69, 9.17) is 21.3 Å². The third-order valence-corrected chi connectivity index (χ3v) is 5.71. The molecule has 130 valence electrons. The van der Waals surface area contributed by atoms with E-state index < -0.39 is 4.93 Å². The molecular formula is C21H17ClN2OS. The normalized spacial score (nSPS) is 18.6. The zero-order valence-electron chi connectivity index (χ0n) is 14.2. The average Bonchev–Trinajstić information content (AvgIpc) is 2.69. The van der Waals surface area contributed by atoms with Gasteiger partial charge in [-0.05, 0) is 36.1 Å². The molecule has 0 fully saturated rings. The van der Waals surface area contributed by atoms with Crippen LogP contribution in [0.5, 0.6) is 0 Å². The lowest BCUT2D eigenvalue weighted by Crippen LogP contribution is -2.34.